The van der Waals surface area contributed by atoms with Crippen LogP contribution in [0.5, 0.6) is 0 Å². The Kier molecular flexibility index (Phi) is 5.15. The van der Waals surface area contributed by atoms with Crippen molar-refractivity contribution in [3.63, 3.8) is 0 Å². The molecule has 0 N–H and O–H groups in total. The number of hydrogen-bond acceptors (Lipinski definition) is 1. The number of benzene rings is 2. The maximum atomic E-state index is 12.2. The Morgan fingerprint density at radius 3 is 2.19 bits per heavy atom. The molecule has 0 radical (unpaired) electrons. The van der Waals surface area contributed by atoms with Crippen molar-refractivity contribution < 1.29 is 4.79 Å². The third-order valence-electron chi connectivity index (χ3n) is 3.74. The van der Waals surface area contributed by atoms with Crippen LogP contribution in [0.15, 0.2) is 48.5 Å². The van der Waals surface area contributed by atoms with E-state index in [4.69, 9.17) is 0 Å². The van der Waals surface area contributed by atoms with Crippen molar-refractivity contribution in [2.75, 3.05) is 13.1 Å². The minimum atomic E-state index is 0.113. The molecule has 110 valence electrons. The van der Waals surface area contributed by atoms with E-state index in [1.807, 2.05) is 30.9 Å². The molecule has 0 atom stereocenters. The van der Waals surface area contributed by atoms with Crippen LogP contribution in [0, 0.1) is 6.92 Å². The van der Waals surface area contributed by atoms with Crippen molar-refractivity contribution in [2.45, 2.75) is 27.2 Å². The van der Waals surface area contributed by atoms with Crippen LogP contribution in [0.25, 0.3) is 0 Å². The van der Waals surface area contributed by atoms with Gasteiger partial charge in [0.2, 0.25) is 0 Å². The molecule has 0 fully saturated rings. The number of carbonyl (C=O) groups excluding carboxylic acids is 1. The molecule has 2 rings (SSSR count). The summed E-state index contributed by atoms with van der Waals surface area (Å²) in [6.45, 7) is 7.62. The standard InChI is InChI=1S/C19H23NO/c1-4-20(5-2)19(21)18-11-9-16(10-12-18)14-17-8-6-7-15(3)13-17/h6-13H,4-5,14H2,1-3H3. The molecule has 0 bridgehead atoms. The van der Waals surface area contributed by atoms with Gasteiger partial charge in [0, 0.05) is 18.7 Å². The molecule has 0 aliphatic heterocycles. The van der Waals surface area contributed by atoms with Crippen molar-refractivity contribution in [1.82, 2.24) is 4.90 Å². The van der Waals surface area contributed by atoms with Gasteiger partial charge in [-0.25, -0.2) is 0 Å². The summed E-state index contributed by atoms with van der Waals surface area (Å²) in [5.41, 5.74) is 4.59. The highest BCUT2D eigenvalue weighted by Crippen LogP contribution is 2.13. The Bertz CT molecular complexity index is 597. The molecule has 2 aromatic carbocycles. The fourth-order valence-electron chi connectivity index (χ4n) is 2.52. The van der Waals surface area contributed by atoms with E-state index in [2.05, 4.69) is 43.3 Å². The molecule has 2 nitrogen and oxygen atoms in total. The van der Waals surface area contributed by atoms with Gasteiger partial charge in [0.15, 0.2) is 0 Å². The summed E-state index contributed by atoms with van der Waals surface area (Å²) in [4.78, 5) is 14.1. The highest BCUT2D eigenvalue weighted by Gasteiger charge is 2.11. The average molecular weight is 281 g/mol. The van der Waals surface area contributed by atoms with Gasteiger partial charge in [0.25, 0.3) is 5.91 Å². The predicted octanol–water partition coefficient (Wildman–Crippen LogP) is 4.07. The summed E-state index contributed by atoms with van der Waals surface area (Å²) in [5.74, 6) is 0.113. The second-order valence-corrected chi connectivity index (χ2v) is 5.34. The number of rotatable bonds is 5. The number of nitrogens with zero attached hydrogens (tertiary/aromatic N) is 1. The molecule has 0 saturated carbocycles. The maximum Gasteiger partial charge on any atom is 0.253 e. The summed E-state index contributed by atoms with van der Waals surface area (Å²) in [5, 5.41) is 0. The SMILES string of the molecule is CCN(CC)C(=O)c1ccc(Cc2cccc(C)c2)cc1. The Morgan fingerprint density at radius 1 is 0.952 bits per heavy atom. The van der Waals surface area contributed by atoms with Crippen LogP contribution < -0.4 is 0 Å². The van der Waals surface area contributed by atoms with Crippen molar-refractivity contribution >= 4 is 5.91 Å². The molecule has 0 saturated heterocycles. The van der Waals surface area contributed by atoms with E-state index in [-0.39, 0.29) is 5.91 Å². The topological polar surface area (TPSA) is 20.3 Å². The zero-order valence-corrected chi connectivity index (χ0v) is 13.1. The zero-order chi connectivity index (χ0) is 15.2. The third kappa shape index (κ3) is 3.94. The van der Waals surface area contributed by atoms with Gasteiger partial charge in [-0.15, -0.1) is 0 Å². The van der Waals surface area contributed by atoms with Gasteiger partial charge in [-0.05, 0) is 50.5 Å². The summed E-state index contributed by atoms with van der Waals surface area (Å²) in [6.07, 6.45) is 0.904. The van der Waals surface area contributed by atoms with Crippen molar-refractivity contribution in [2.24, 2.45) is 0 Å². The molecular formula is C19H23NO. The van der Waals surface area contributed by atoms with Gasteiger partial charge < -0.3 is 4.90 Å². The van der Waals surface area contributed by atoms with Crippen LogP contribution in [0.2, 0.25) is 0 Å². The largest absolute Gasteiger partial charge is 0.339 e. The van der Waals surface area contributed by atoms with Gasteiger partial charge in [0.05, 0.1) is 0 Å². The lowest BCUT2D eigenvalue weighted by molar-refractivity contribution is 0.0773. The Labute approximate surface area is 127 Å². The first-order chi connectivity index (χ1) is 10.1. The lowest BCUT2D eigenvalue weighted by atomic mass is 10.0. The van der Waals surface area contributed by atoms with E-state index >= 15 is 0 Å². The fourth-order valence-corrected chi connectivity index (χ4v) is 2.52. The van der Waals surface area contributed by atoms with Crippen LogP contribution >= 0.6 is 0 Å². The number of aryl methyl sites for hydroxylation is 1. The molecule has 0 heterocycles. The molecule has 0 unspecified atom stereocenters. The molecule has 2 heteroatoms. The lowest BCUT2D eigenvalue weighted by Gasteiger charge is -2.18. The average Bonchev–Trinajstić information content (AvgIpc) is 2.49. The highest BCUT2D eigenvalue weighted by molar-refractivity contribution is 5.94. The van der Waals surface area contributed by atoms with Crippen LogP contribution in [-0.4, -0.2) is 23.9 Å². The number of hydrogen-bond donors (Lipinski definition) is 0. The second kappa shape index (κ2) is 7.07. The summed E-state index contributed by atoms with van der Waals surface area (Å²) < 4.78 is 0. The zero-order valence-electron chi connectivity index (χ0n) is 13.1. The predicted molar refractivity (Wildman–Crippen MR) is 87.7 cm³/mol. The molecule has 0 aliphatic carbocycles. The minimum Gasteiger partial charge on any atom is -0.339 e. The first-order valence-corrected chi connectivity index (χ1v) is 7.57. The van der Waals surface area contributed by atoms with Crippen molar-refractivity contribution in [1.29, 1.82) is 0 Å². The smallest absolute Gasteiger partial charge is 0.253 e. The van der Waals surface area contributed by atoms with E-state index in [0.29, 0.717) is 0 Å². The van der Waals surface area contributed by atoms with Crippen LogP contribution in [0.4, 0.5) is 0 Å². The lowest BCUT2D eigenvalue weighted by Crippen LogP contribution is -2.30. The van der Waals surface area contributed by atoms with E-state index in [1.54, 1.807) is 0 Å². The highest BCUT2D eigenvalue weighted by atomic mass is 16.2. The van der Waals surface area contributed by atoms with Crippen LogP contribution in [0.1, 0.15) is 40.9 Å². The normalized spacial score (nSPS) is 10.4. The first kappa shape index (κ1) is 15.3. The monoisotopic (exact) mass is 281 g/mol. The van der Waals surface area contributed by atoms with E-state index in [1.165, 1.54) is 16.7 Å². The summed E-state index contributed by atoms with van der Waals surface area (Å²) >= 11 is 0. The molecule has 2 aromatic rings. The van der Waals surface area contributed by atoms with E-state index < -0.39 is 0 Å². The third-order valence-corrected chi connectivity index (χ3v) is 3.74. The summed E-state index contributed by atoms with van der Waals surface area (Å²) in [7, 11) is 0. The van der Waals surface area contributed by atoms with Crippen molar-refractivity contribution in [3.8, 4) is 0 Å². The fraction of sp³-hybridized carbons (Fsp3) is 0.316. The number of amides is 1. The maximum absolute atomic E-state index is 12.2. The van der Waals surface area contributed by atoms with Gasteiger partial charge >= 0.3 is 0 Å². The van der Waals surface area contributed by atoms with Gasteiger partial charge in [-0.2, -0.15) is 0 Å². The van der Waals surface area contributed by atoms with Gasteiger partial charge in [-0.3, -0.25) is 4.79 Å². The quantitative estimate of drug-likeness (QED) is 0.809. The first-order valence-electron chi connectivity index (χ1n) is 7.57. The molecule has 0 aliphatic rings. The molecule has 0 spiro atoms. The Balaban J connectivity index is 2.10. The molecule has 21 heavy (non-hydrogen) atoms. The molecular weight excluding hydrogens is 258 g/mol. The number of carbonyl (C=O) groups is 1. The van der Waals surface area contributed by atoms with Gasteiger partial charge in [-0.1, -0.05) is 42.0 Å². The van der Waals surface area contributed by atoms with Crippen LogP contribution in [-0.2, 0) is 6.42 Å². The second-order valence-electron chi connectivity index (χ2n) is 5.34. The summed E-state index contributed by atoms with van der Waals surface area (Å²) in [6, 6.07) is 16.5. The Hall–Kier alpha value is -2.09. The van der Waals surface area contributed by atoms with Gasteiger partial charge in [0.1, 0.15) is 0 Å². The van der Waals surface area contributed by atoms with Crippen molar-refractivity contribution in [3.05, 3.63) is 70.8 Å². The van der Waals surface area contributed by atoms with Crippen LogP contribution in [0.3, 0.4) is 0 Å². The minimum absolute atomic E-state index is 0.113. The van der Waals surface area contributed by atoms with E-state index in [0.717, 1.165) is 25.1 Å². The molecule has 1 amide bonds. The molecule has 0 aromatic heterocycles. The van der Waals surface area contributed by atoms with E-state index in [9.17, 15) is 4.79 Å². The Morgan fingerprint density at radius 2 is 1.62 bits per heavy atom.